The molecule has 1 heterocycles. The van der Waals surface area contributed by atoms with E-state index < -0.39 is 0 Å². The maximum Gasteiger partial charge on any atom is 0.0458 e. The second-order valence-corrected chi connectivity index (χ2v) is 4.22. The zero-order chi connectivity index (χ0) is 10.1. The number of fused-ring (bicyclic) bond motifs is 1. The highest BCUT2D eigenvalue weighted by Crippen LogP contribution is 2.22. The van der Waals surface area contributed by atoms with Gasteiger partial charge in [0.15, 0.2) is 0 Å². The molecule has 0 saturated carbocycles. The number of rotatable bonds is 2. The Bertz CT molecular complexity index is 441. The SMILES string of the molecule is CC(C)Cc1c[nH]c2ccc(N)cc12. The van der Waals surface area contributed by atoms with Gasteiger partial charge in [-0.3, -0.25) is 0 Å². The fraction of sp³-hybridized carbons (Fsp3) is 0.333. The Balaban J connectivity index is 2.50. The molecule has 0 unspecified atom stereocenters. The lowest BCUT2D eigenvalue weighted by atomic mass is 10.0. The van der Waals surface area contributed by atoms with Gasteiger partial charge in [0.25, 0.3) is 0 Å². The molecule has 0 fully saturated rings. The zero-order valence-corrected chi connectivity index (χ0v) is 8.67. The van der Waals surface area contributed by atoms with Gasteiger partial charge >= 0.3 is 0 Å². The molecule has 0 bridgehead atoms. The maximum absolute atomic E-state index is 5.77. The van der Waals surface area contributed by atoms with Crippen LogP contribution in [0, 0.1) is 5.92 Å². The van der Waals surface area contributed by atoms with Gasteiger partial charge in [-0.15, -0.1) is 0 Å². The van der Waals surface area contributed by atoms with Crippen molar-refractivity contribution >= 4 is 16.6 Å². The summed E-state index contributed by atoms with van der Waals surface area (Å²) in [5.41, 5.74) is 9.14. The lowest BCUT2D eigenvalue weighted by Gasteiger charge is -2.02. The Morgan fingerprint density at radius 2 is 2.14 bits per heavy atom. The summed E-state index contributed by atoms with van der Waals surface area (Å²) in [7, 11) is 0. The van der Waals surface area contributed by atoms with E-state index in [2.05, 4.69) is 25.0 Å². The normalized spacial score (nSPS) is 11.4. The van der Waals surface area contributed by atoms with Gasteiger partial charge in [-0.1, -0.05) is 13.8 Å². The molecule has 14 heavy (non-hydrogen) atoms. The van der Waals surface area contributed by atoms with Crippen LogP contribution in [0.25, 0.3) is 10.9 Å². The second kappa shape index (κ2) is 3.37. The van der Waals surface area contributed by atoms with Crippen molar-refractivity contribution in [1.29, 1.82) is 0 Å². The summed E-state index contributed by atoms with van der Waals surface area (Å²) in [6.07, 6.45) is 3.19. The molecular formula is C12H16N2. The molecule has 2 aromatic rings. The first-order valence-electron chi connectivity index (χ1n) is 5.02. The minimum absolute atomic E-state index is 0.676. The number of aromatic amines is 1. The van der Waals surface area contributed by atoms with Gasteiger partial charge in [0, 0.05) is 22.8 Å². The molecule has 0 saturated heterocycles. The summed E-state index contributed by atoms with van der Waals surface area (Å²) in [4.78, 5) is 3.27. The van der Waals surface area contributed by atoms with E-state index in [1.807, 2.05) is 18.2 Å². The van der Waals surface area contributed by atoms with Crippen molar-refractivity contribution in [2.24, 2.45) is 5.92 Å². The van der Waals surface area contributed by atoms with Crippen molar-refractivity contribution in [2.45, 2.75) is 20.3 Å². The number of anilines is 1. The van der Waals surface area contributed by atoms with Crippen molar-refractivity contribution < 1.29 is 0 Å². The number of hydrogen-bond donors (Lipinski definition) is 2. The third-order valence-corrected chi connectivity index (χ3v) is 2.42. The van der Waals surface area contributed by atoms with Crippen molar-refractivity contribution in [3.63, 3.8) is 0 Å². The molecule has 0 aliphatic carbocycles. The molecule has 0 aliphatic heterocycles. The number of aromatic nitrogens is 1. The smallest absolute Gasteiger partial charge is 0.0458 e. The molecule has 3 N–H and O–H groups in total. The molecule has 0 aliphatic rings. The van der Waals surface area contributed by atoms with Crippen LogP contribution in [-0.4, -0.2) is 4.98 Å². The average Bonchev–Trinajstić information content (AvgIpc) is 2.47. The molecule has 1 aromatic carbocycles. The first-order chi connectivity index (χ1) is 6.66. The van der Waals surface area contributed by atoms with Crippen LogP contribution >= 0.6 is 0 Å². The average molecular weight is 188 g/mol. The Hall–Kier alpha value is -1.44. The van der Waals surface area contributed by atoms with E-state index in [1.165, 1.54) is 16.5 Å². The number of nitrogens with one attached hydrogen (secondary N) is 1. The van der Waals surface area contributed by atoms with Gasteiger partial charge in [-0.05, 0) is 36.1 Å². The number of nitrogens with two attached hydrogens (primary N) is 1. The molecule has 0 spiro atoms. The highest BCUT2D eigenvalue weighted by Gasteiger charge is 2.05. The molecule has 0 radical (unpaired) electrons. The Labute approximate surface area is 84.1 Å². The van der Waals surface area contributed by atoms with E-state index in [4.69, 9.17) is 5.73 Å². The number of hydrogen-bond acceptors (Lipinski definition) is 1. The minimum atomic E-state index is 0.676. The van der Waals surface area contributed by atoms with Crippen molar-refractivity contribution in [1.82, 2.24) is 4.98 Å². The van der Waals surface area contributed by atoms with E-state index in [0.29, 0.717) is 5.92 Å². The van der Waals surface area contributed by atoms with E-state index in [0.717, 1.165) is 12.1 Å². The van der Waals surface area contributed by atoms with E-state index in [1.54, 1.807) is 0 Å². The van der Waals surface area contributed by atoms with Crippen molar-refractivity contribution in [2.75, 3.05) is 5.73 Å². The molecule has 0 atom stereocenters. The first-order valence-corrected chi connectivity index (χ1v) is 5.02. The molecule has 2 heteroatoms. The third kappa shape index (κ3) is 1.60. The summed E-state index contributed by atoms with van der Waals surface area (Å²) in [5.74, 6) is 0.676. The third-order valence-electron chi connectivity index (χ3n) is 2.42. The fourth-order valence-corrected chi connectivity index (χ4v) is 1.80. The lowest BCUT2D eigenvalue weighted by molar-refractivity contribution is 0.650. The highest BCUT2D eigenvalue weighted by molar-refractivity contribution is 5.86. The van der Waals surface area contributed by atoms with Crippen LogP contribution in [0.4, 0.5) is 5.69 Å². The quantitative estimate of drug-likeness (QED) is 0.699. The summed E-state index contributed by atoms with van der Waals surface area (Å²) in [6.45, 7) is 4.45. The Kier molecular flexibility index (Phi) is 2.20. The predicted octanol–water partition coefficient (Wildman–Crippen LogP) is 2.95. The number of benzene rings is 1. The van der Waals surface area contributed by atoms with Crippen LogP contribution in [0.5, 0.6) is 0 Å². The molecular weight excluding hydrogens is 172 g/mol. The molecule has 1 aromatic heterocycles. The van der Waals surface area contributed by atoms with Gasteiger partial charge in [0.1, 0.15) is 0 Å². The summed E-state index contributed by atoms with van der Waals surface area (Å²) in [5, 5.41) is 1.26. The minimum Gasteiger partial charge on any atom is -0.399 e. The van der Waals surface area contributed by atoms with Crippen LogP contribution in [0.15, 0.2) is 24.4 Å². The second-order valence-electron chi connectivity index (χ2n) is 4.22. The highest BCUT2D eigenvalue weighted by atomic mass is 14.7. The summed E-state index contributed by atoms with van der Waals surface area (Å²) < 4.78 is 0. The topological polar surface area (TPSA) is 41.8 Å². The van der Waals surface area contributed by atoms with Gasteiger partial charge in [-0.2, -0.15) is 0 Å². The van der Waals surface area contributed by atoms with Gasteiger partial charge in [-0.25, -0.2) is 0 Å². The predicted molar refractivity (Wildman–Crippen MR) is 61.3 cm³/mol. The van der Waals surface area contributed by atoms with Crippen LogP contribution in [0.1, 0.15) is 19.4 Å². The standard InChI is InChI=1S/C12H16N2/c1-8(2)5-9-7-14-12-4-3-10(13)6-11(9)12/h3-4,6-8,14H,5,13H2,1-2H3. The van der Waals surface area contributed by atoms with Crippen molar-refractivity contribution in [3.8, 4) is 0 Å². The van der Waals surface area contributed by atoms with E-state index in [-0.39, 0.29) is 0 Å². The maximum atomic E-state index is 5.77. The lowest BCUT2D eigenvalue weighted by Crippen LogP contribution is -1.92. The van der Waals surface area contributed by atoms with Gasteiger partial charge < -0.3 is 10.7 Å². The molecule has 0 amide bonds. The van der Waals surface area contributed by atoms with Crippen LogP contribution < -0.4 is 5.73 Å². The van der Waals surface area contributed by atoms with Crippen LogP contribution in [0.2, 0.25) is 0 Å². The molecule has 2 rings (SSSR count). The Morgan fingerprint density at radius 3 is 2.86 bits per heavy atom. The molecule has 2 nitrogen and oxygen atoms in total. The number of H-pyrrole nitrogens is 1. The largest absolute Gasteiger partial charge is 0.399 e. The van der Waals surface area contributed by atoms with Gasteiger partial charge in [0.2, 0.25) is 0 Å². The number of nitrogen functional groups attached to an aromatic ring is 1. The monoisotopic (exact) mass is 188 g/mol. The summed E-state index contributed by atoms with van der Waals surface area (Å²) in [6, 6.07) is 6.01. The zero-order valence-electron chi connectivity index (χ0n) is 8.67. The van der Waals surface area contributed by atoms with Crippen LogP contribution in [-0.2, 0) is 6.42 Å². The summed E-state index contributed by atoms with van der Waals surface area (Å²) >= 11 is 0. The van der Waals surface area contributed by atoms with E-state index in [9.17, 15) is 0 Å². The molecule has 74 valence electrons. The van der Waals surface area contributed by atoms with Gasteiger partial charge in [0.05, 0.1) is 0 Å². The Morgan fingerprint density at radius 1 is 1.36 bits per heavy atom. The fourth-order valence-electron chi connectivity index (χ4n) is 1.80. The van der Waals surface area contributed by atoms with E-state index >= 15 is 0 Å². The van der Waals surface area contributed by atoms with Crippen LogP contribution in [0.3, 0.4) is 0 Å². The first kappa shape index (κ1) is 9.13. The van der Waals surface area contributed by atoms with Crippen molar-refractivity contribution in [3.05, 3.63) is 30.0 Å².